The summed E-state index contributed by atoms with van der Waals surface area (Å²) in [5, 5.41) is 5.36. The Labute approximate surface area is 180 Å². The van der Waals surface area contributed by atoms with Crippen molar-refractivity contribution in [3.63, 3.8) is 0 Å². The van der Waals surface area contributed by atoms with E-state index in [4.69, 9.17) is 0 Å². The monoisotopic (exact) mass is 425 g/mol. The maximum atomic E-state index is 12.8. The first-order chi connectivity index (χ1) is 14.7. The third kappa shape index (κ3) is 3.88. The second kappa shape index (κ2) is 8.26. The first kappa shape index (κ1) is 19.4. The first-order valence-corrected chi connectivity index (χ1v) is 11.7. The van der Waals surface area contributed by atoms with Gasteiger partial charge in [-0.1, -0.05) is 18.2 Å². The summed E-state index contributed by atoms with van der Waals surface area (Å²) in [5.41, 5.74) is 3.61. The lowest BCUT2D eigenvalue weighted by molar-refractivity contribution is -0.131. The van der Waals surface area contributed by atoms with Crippen molar-refractivity contribution in [3.8, 4) is 0 Å². The molecule has 0 atom stereocenters. The molecule has 0 aliphatic carbocycles. The van der Waals surface area contributed by atoms with Crippen LogP contribution in [0.2, 0.25) is 0 Å². The number of hydrogen-bond donors (Lipinski definition) is 1. The summed E-state index contributed by atoms with van der Waals surface area (Å²) in [6, 6.07) is 8.60. The molecule has 1 N–H and O–H groups in total. The standard InChI is InChI=1S/C22H27N5O2S/c28-20(13-18-15-30-22(24-18)27-12-8-23-21(27)29)25-9-5-16(6-10-25)14-26-11-7-17-3-1-2-4-19(17)26/h1-4,15-16H,5-14H2,(H,23,29). The van der Waals surface area contributed by atoms with Crippen molar-refractivity contribution in [1.82, 2.24) is 15.2 Å². The fourth-order valence-corrected chi connectivity index (χ4v) is 5.54. The van der Waals surface area contributed by atoms with E-state index in [-0.39, 0.29) is 11.9 Å². The number of fused-ring (bicyclic) bond motifs is 1. The van der Waals surface area contributed by atoms with E-state index in [0.717, 1.165) is 51.1 Å². The minimum Gasteiger partial charge on any atom is -0.371 e. The minimum atomic E-state index is -0.107. The smallest absolute Gasteiger partial charge is 0.323 e. The van der Waals surface area contributed by atoms with E-state index >= 15 is 0 Å². The van der Waals surface area contributed by atoms with Crippen LogP contribution < -0.4 is 15.1 Å². The summed E-state index contributed by atoms with van der Waals surface area (Å²) in [5.74, 6) is 0.780. The number of benzene rings is 1. The molecule has 1 aromatic carbocycles. The Balaban J connectivity index is 1.11. The third-order valence-corrected chi connectivity index (χ3v) is 7.30. The highest BCUT2D eigenvalue weighted by molar-refractivity contribution is 7.14. The van der Waals surface area contributed by atoms with Crippen LogP contribution in [0.15, 0.2) is 29.6 Å². The molecule has 0 radical (unpaired) electrons. The van der Waals surface area contributed by atoms with Crippen molar-refractivity contribution < 1.29 is 9.59 Å². The molecule has 1 aromatic heterocycles. The van der Waals surface area contributed by atoms with Gasteiger partial charge in [0.1, 0.15) is 0 Å². The molecule has 3 aliphatic rings. The van der Waals surface area contributed by atoms with Gasteiger partial charge in [0, 0.05) is 50.3 Å². The Kier molecular flexibility index (Phi) is 5.33. The summed E-state index contributed by atoms with van der Waals surface area (Å²) in [6.45, 7) is 5.13. The fourth-order valence-electron chi connectivity index (χ4n) is 4.70. The van der Waals surface area contributed by atoms with Gasteiger partial charge in [0.2, 0.25) is 5.91 Å². The number of carbonyl (C=O) groups is 2. The van der Waals surface area contributed by atoms with Gasteiger partial charge in [0.15, 0.2) is 5.13 Å². The normalized spacial score (nSPS) is 19.3. The van der Waals surface area contributed by atoms with Crippen molar-refractivity contribution in [1.29, 1.82) is 0 Å². The van der Waals surface area contributed by atoms with E-state index < -0.39 is 0 Å². The molecular formula is C22H27N5O2S. The Morgan fingerprint density at radius 2 is 2.00 bits per heavy atom. The van der Waals surface area contributed by atoms with Gasteiger partial charge in [0.05, 0.1) is 12.1 Å². The highest BCUT2D eigenvalue weighted by Crippen LogP contribution is 2.30. The molecule has 7 nitrogen and oxygen atoms in total. The Hall–Kier alpha value is -2.61. The van der Waals surface area contributed by atoms with Crippen LogP contribution >= 0.6 is 11.3 Å². The van der Waals surface area contributed by atoms with Gasteiger partial charge in [-0.05, 0) is 36.8 Å². The highest BCUT2D eigenvalue weighted by atomic mass is 32.1. The van der Waals surface area contributed by atoms with Gasteiger partial charge in [-0.3, -0.25) is 9.69 Å². The second-order valence-corrected chi connectivity index (χ2v) is 9.17. The topological polar surface area (TPSA) is 68.8 Å². The van der Waals surface area contributed by atoms with Gasteiger partial charge < -0.3 is 15.1 Å². The SMILES string of the molecule is O=C(Cc1csc(N2CCNC2=O)n1)N1CCC(CN2CCc3ccccc32)CC1. The number of hydrogen-bond acceptors (Lipinski definition) is 5. The van der Waals surface area contributed by atoms with Crippen LogP contribution in [-0.4, -0.2) is 61.1 Å². The Bertz CT molecular complexity index is 937. The first-order valence-electron chi connectivity index (χ1n) is 10.8. The highest BCUT2D eigenvalue weighted by Gasteiger charge is 2.28. The number of para-hydroxylation sites is 1. The van der Waals surface area contributed by atoms with Crippen LogP contribution in [0.1, 0.15) is 24.1 Å². The molecule has 0 spiro atoms. The minimum absolute atomic E-state index is 0.107. The largest absolute Gasteiger partial charge is 0.371 e. The number of nitrogens with one attached hydrogen (secondary N) is 1. The molecule has 158 valence electrons. The summed E-state index contributed by atoms with van der Waals surface area (Å²) in [6.07, 6.45) is 3.57. The van der Waals surface area contributed by atoms with Crippen LogP contribution in [0, 0.1) is 5.92 Å². The molecule has 30 heavy (non-hydrogen) atoms. The van der Waals surface area contributed by atoms with E-state index in [1.807, 2.05) is 10.3 Å². The second-order valence-electron chi connectivity index (χ2n) is 8.33. The number of thiazole rings is 1. The fraction of sp³-hybridized carbons (Fsp3) is 0.500. The van der Waals surface area contributed by atoms with Gasteiger partial charge in [0.25, 0.3) is 0 Å². The van der Waals surface area contributed by atoms with Crippen LogP contribution in [-0.2, 0) is 17.6 Å². The van der Waals surface area contributed by atoms with Crippen molar-refractivity contribution in [2.75, 3.05) is 49.1 Å². The molecule has 2 aromatic rings. The van der Waals surface area contributed by atoms with E-state index in [9.17, 15) is 9.59 Å². The number of piperidine rings is 1. The summed E-state index contributed by atoms with van der Waals surface area (Å²) in [4.78, 5) is 35.2. The van der Waals surface area contributed by atoms with Crippen LogP contribution in [0.4, 0.5) is 15.6 Å². The predicted octanol–water partition coefficient (Wildman–Crippen LogP) is 2.52. The number of anilines is 2. The number of amides is 3. The molecule has 0 unspecified atom stereocenters. The van der Waals surface area contributed by atoms with Gasteiger partial charge in [-0.2, -0.15) is 0 Å². The number of nitrogens with zero attached hydrogens (tertiary/aromatic N) is 4. The molecular weight excluding hydrogens is 398 g/mol. The molecule has 3 aliphatic heterocycles. The van der Waals surface area contributed by atoms with E-state index in [2.05, 4.69) is 39.5 Å². The maximum Gasteiger partial charge on any atom is 0.323 e. The molecule has 8 heteroatoms. The van der Waals surface area contributed by atoms with E-state index in [1.165, 1.54) is 22.6 Å². The molecule has 2 fully saturated rings. The number of likely N-dealkylation sites (tertiary alicyclic amines) is 1. The zero-order chi connectivity index (χ0) is 20.5. The van der Waals surface area contributed by atoms with E-state index in [0.29, 0.717) is 30.6 Å². The van der Waals surface area contributed by atoms with Gasteiger partial charge >= 0.3 is 6.03 Å². The zero-order valence-corrected chi connectivity index (χ0v) is 17.9. The summed E-state index contributed by atoms with van der Waals surface area (Å²) in [7, 11) is 0. The zero-order valence-electron chi connectivity index (χ0n) is 17.0. The lowest BCUT2D eigenvalue weighted by Gasteiger charge is -2.34. The maximum absolute atomic E-state index is 12.8. The molecule has 4 heterocycles. The van der Waals surface area contributed by atoms with E-state index in [1.54, 1.807) is 4.90 Å². The average molecular weight is 426 g/mol. The number of aromatic nitrogens is 1. The molecule has 0 bridgehead atoms. The Morgan fingerprint density at radius 1 is 1.17 bits per heavy atom. The number of urea groups is 1. The third-order valence-electron chi connectivity index (χ3n) is 6.39. The molecule has 0 saturated carbocycles. The number of rotatable bonds is 5. The van der Waals surface area contributed by atoms with Gasteiger partial charge in [-0.15, -0.1) is 11.3 Å². The van der Waals surface area contributed by atoms with Crippen LogP contribution in [0.25, 0.3) is 0 Å². The molecule has 5 rings (SSSR count). The summed E-state index contributed by atoms with van der Waals surface area (Å²) < 4.78 is 0. The van der Waals surface area contributed by atoms with Crippen molar-refractivity contribution in [2.24, 2.45) is 5.92 Å². The Morgan fingerprint density at radius 3 is 2.80 bits per heavy atom. The van der Waals surface area contributed by atoms with Crippen LogP contribution in [0.3, 0.4) is 0 Å². The lowest BCUT2D eigenvalue weighted by atomic mass is 9.96. The summed E-state index contributed by atoms with van der Waals surface area (Å²) >= 11 is 1.43. The van der Waals surface area contributed by atoms with Crippen molar-refractivity contribution >= 4 is 34.1 Å². The van der Waals surface area contributed by atoms with Crippen molar-refractivity contribution in [3.05, 3.63) is 40.9 Å². The van der Waals surface area contributed by atoms with Gasteiger partial charge in [-0.25, -0.2) is 9.78 Å². The molecule has 2 saturated heterocycles. The molecule has 3 amide bonds. The quantitative estimate of drug-likeness (QED) is 0.799. The predicted molar refractivity (Wildman–Crippen MR) is 118 cm³/mol. The van der Waals surface area contributed by atoms with Crippen LogP contribution in [0.5, 0.6) is 0 Å². The lowest BCUT2D eigenvalue weighted by Crippen LogP contribution is -2.42. The average Bonchev–Trinajstić information content (AvgIpc) is 3.49. The van der Waals surface area contributed by atoms with Crippen molar-refractivity contribution in [2.45, 2.75) is 25.7 Å². The number of carbonyl (C=O) groups excluding carboxylic acids is 2.